The Balaban J connectivity index is 2.42. The molecule has 0 radical (unpaired) electrons. The number of nitrogens with one attached hydrogen (secondary N) is 1. The molecule has 0 fully saturated rings. The van der Waals surface area contributed by atoms with Gasteiger partial charge >= 0.3 is 0 Å². The summed E-state index contributed by atoms with van der Waals surface area (Å²) in [6.45, 7) is -0.372. The second-order valence-electron chi connectivity index (χ2n) is 4.22. The van der Waals surface area contributed by atoms with Crippen molar-refractivity contribution >= 4 is 27.3 Å². The van der Waals surface area contributed by atoms with E-state index in [-0.39, 0.29) is 22.2 Å². The minimum Gasteiger partial charge on any atom is -0.497 e. The van der Waals surface area contributed by atoms with E-state index in [4.69, 9.17) is 16.3 Å². The van der Waals surface area contributed by atoms with E-state index in [0.29, 0.717) is 11.3 Å². The number of hydrogen-bond donors (Lipinski definition) is 2. The molecule has 0 bridgehead atoms. The quantitative estimate of drug-likeness (QED) is 0.885. The normalized spacial score (nSPS) is 11.2. The van der Waals surface area contributed by atoms with Gasteiger partial charge in [-0.3, -0.25) is 4.72 Å². The number of methoxy groups -OCH3 is 1. The zero-order valence-corrected chi connectivity index (χ0v) is 12.8. The van der Waals surface area contributed by atoms with E-state index in [1.54, 1.807) is 24.3 Å². The highest BCUT2D eigenvalue weighted by Crippen LogP contribution is 2.29. The summed E-state index contributed by atoms with van der Waals surface area (Å²) < 4.78 is 32.3. The maximum absolute atomic E-state index is 12.4. The molecule has 2 rings (SSSR count). The second kappa shape index (κ2) is 6.34. The molecule has 0 heterocycles. The summed E-state index contributed by atoms with van der Waals surface area (Å²) in [5.74, 6) is 0.479. The Morgan fingerprint density at radius 3 is 2.62 bits per heavy atom. The van der Waals surface area contributed by atoms with Crippen LogP contribution in [0.3, 0.4) is 0 Å². The molecule has 21 heavy (non-hydrogen) atoms. The highest BCUT2D eigenvalue weighted by atomic mass is 35.5. The number of aliphatic hydroxyl groups excluding tert-OH is 1. The average molecular weight is 328 g/mol. The first-order valence-corrected chi connectivity index (χ1v) is 7.89. The van der Waals surface area contributed by atoms with Crippen LogP contribution in [0.5, 0.6) is 5.75 Å². The monoisotopic (exact) mass is 327 g/mol. The van der Waals surface area contributed by atoms with Crippen LogP contribution in [0.15, 0.2) is 47.4 Å². The van der Waals surface area contributed by atoms with Gasteiger partial charge in [0.1, 0.15) is 5.75 Å². The van der Waals surface area contributed by atoms with Crippen LogP contribution >= 0.6 is 11.6 Å². The summed E-state index contributed by atoms with van der Waals surface area (Å²) in [5.41, 5.74) is 0.521. The first-order chi connectivity index (χ1) is 9.97. The second-order valence-corrected chi connectivity index (χ2v) is 6.28. The number of benzene rings is 2. The summed E-state index contributed by atoms with van der Waals surface area (Å²) in [5, 5.41) is 9.50. The van der Waals surface area contributed by atoms with Crippen LogP contribution in [0.25, 0.3) is 0 Å². The molecule has 0 unspecified atom stereocenters. The van der Waals surface area contributed by atoms with Crippen LogP contribution in [0.4, 0.5) is 5.69 Å². The molecule has 112 valence electrons. The molecule has 0 amide bonds. The van der Waals surface area contributed by atoms with Gasteiger partial charge in [0.15, 0.2) is 0 Å². The summed E-state index contributed by atoms with van der Waals surface area (Å²) in [6.07, 6.45) is 0. The molecule has 0 spiro atoms. The van der Waals surface area contributed by atoms with Gasteiger partial charge in [-0.25, -0.2) is 8.42 Å². The molecular weight excluding hydrogens is 314 g/mol. The van der Waals surface area contributed by atoms with Crippen LogP contribution in [0.2, 0.25) is 5.02 Å². The van der Waals surface area contributed by atoms with Crippen LogP contribution in [0, 0.1) is 0 Å². The van der Waals surface area contributed by atoms with E-state index in [2.05, 4.69) is 4.72 Å². The van der Waals surface area contributed by atoms with Crippen LogP contribution in [0.1, 0.15) is 5.56 Å². The molecule has 0 aliphatic heterocycles. The van der Waals surface area contributed by atoms with E-state index in [9.17, 15) is 13.5 Å². The Morgan fingerprint density at radius 2 is 1.95 bits per heavy atom. The lowest BCUT2D eigenvalue weighted by Crippen LogP contribution is -2.15. The standard InChI is InChI=1S/C14H14ClNO4S/c1-20-11-6-7-12(15)13(8-11)16-21(18,19)14-5-3-2-4-10(14)9-17/h2-8,16-17H,9H2,1H3. The van der Waals surface area contributed by atoms with E-state index < -0.39 is 10.0 Å². The van der Waals surface area contributed by atoms with Gasteiger partial charge in [-0.1, -0.05) is 29.8 Å². The Labute approximate surface area is 128 Å². The zero-order valence-electron chi connectivity index (χ0n) is 11.2. The van der Waals surface area contributed by atoms with Gasteiger partial charge in [-0.2, -0.15) is 0 Å². The van der Waals surface area contributed by atoms with Gasteiger partial charge in [-0.05, 0) is 23.8 Å². The van der Waals surface area contributed by atoms with Crippen LogP contribution < -0.4 is 9.46 Å². The lowest BCUT2D eigenvalue weighted by Gasteiger charge is -2.13. The Morgan fingerprint density at radius 1 is 1.24 bits per heavy atom. The van der Waals surface area contributed by atoms with Gasteiger partial charge < -0.3 is 9.84 Å². The lowest BCUT2D eigenvalue weighted by molar-refractivity contribution is 0.278. The largest absolute Gasteiger partial charge is 0.497 e. The number of hydrogen-bond acceptors (Lipinski definition) is 4. The molecule has 7 heteroatoms. The summed E-state index contributed by atoms with van der Waals surface area (Å²) in [7, 11) is -2.38. The van der Waals surface area contributed by atoms with Gasteiger partial charge in [0.2, 0.25) is 0 Å². The maximum Gasteiger partial charge on any atom is 0.262 e. The number of ether oxygens (including phenoxy) is 1. The number of anilines is 1. The Kier molecular flexibility index (Phi) is 4.72. The molecule has 0 saturated heterocycles. The molecule has 0 aromatic heterocycles. The molecule has 0 aliphatic rings. The van der Waals surface area contributed by atoms with E-state index in [0.717, 1.165) is 0 Å². The number of aliphatic hydroxyl groups is 1. The third kappa shape index (κ3) is 3.47. The van der Waals surface area contributed by atoms with Crippen molar-refractivity contribution < 1.29 is 18.3 Å². The van der Waals surface area contributed by atoms with Crippen molar-refractivity contribution in [3.05, 3.63) is 53.1 Å². The van der Waals surface area contributed by atoms with Crippen molar-refractivity contribution in [3.8, 4) is 5.75 Å². The Hall–Kier alpha value is -1.76. The third-order valence-electron chi connectivity index (χ3n) is 2.85. The lowest BCUT2D eigenvalue weighted by atomic mass is 10.2. The highest BCUT2D eigenvalue weighted by Gasteiger charge is 2.19. The van der Waals surface area contributed by atoms with Gasteiger partial charge in [0, 0.05) is 6.07 Å². The molecule has 2 aromatic rings. The predicted molar refractivity (Wildman–Crippen MR) is 81.2 cm³/mol. The topological polar surface area (TPSA) is 75.6 Å². The first-order valence-electron chi connectivity index (χ1n) is 6.03. The van der Waals surface area contributed by atoms with Crippen LogP contribution in [-0.2, 0) is 16.6 Å². The fraction of sp³-hybridized carbons (Fsp3) is 0.143. The molecule has 0 aliphatic carbocycles. The van der Waals surface area contributed by atoms with Crippen molar-refractivity contribution in [2.75, 3.05) is 11.8 Å². The molecular formula is C14H14ClNO4S. The predicted octanol–water partition coefficient (Wildman–Crippen LogP) is 2.64. The Bertz CT molecular complexity index is 746. The molecule has 2 N–H and O–H groups in total. The molecule has 5 nitrogen and oxygen atoms in total. The minimum atomic E-state index is -3.85. The smallest absolute Gasteiger partial charge is 0.262 e. The minimum absolute atomic E-state index is 0.00591. The van der Waals surface area contributed by atoms with Crippen molar-refractivity contribution in [3.63, 3.8) is 0 Å². The summed E-state index contributed by atoms with van der Waals surface area (Å²) in [6, 6.07) is 10.9. The van der Waals surface area contributed by atoms with Gasteiger partial charge in [0.05, 0.1) is 29.3 Å². The molecule has 0 atom stereocenters. The van der Waals surface area contributed by atoms with Gasteiger partial charge in [0.25, 0.3) is 10.0 Å². The van der Waals surface area contributed by atoms with Crippen molar-refractivity contribution in [2.45, 2.75) is 11.5 Å². The zero-order chi connectivity index (χ0) is 15.5. The average Bonchev–Trinajstić information content (AvgIpc) is 2.49. The van der Waals surface area contributed by atoms with E-state index in [1.807, 2.05) is 0 Å². The third-order valence-corrected chi connectivity index (χ3v) is 4.65. The van der Waals surface area contributed by atoms with Crippen molar-refractivity contribution in [1.82, 2.24) is 0 Å². The summed E-state index contributed by atoms with van der Waals surface area (Å²) >= 11 is 5.99. The van der Waals surface area contributed by atoms with E-state index in [1.165, 1.54) is 25.3 Å². The number of sulfonamides is 1. The SMILES string of the molecule is COc1ccc(Cl)c(NS(=O)(=O)c2ccccc2CO)c1. The highest BCUT2D eigenvalue weighted by molar-refractivity contribution is 7.92. The fourth-order valence-corrected chi connectivity index (χ4v) is 3.33. The first kappa shape index (κ1) is 15.6. The van der Waals surface area contributed by atoms with Crippen molar-refractivity contribution in [1.29, 1.82) is 0 Å². The van der Waals surface area contributed by atoms with E-state index >= 15 is 0 Å². The van der Waals surface area contributed by atoms with Gasteiger partial charge in [-0.15, -0.1) is 0 Å². The molecule has 2 aromatic carbocycles. The number of halogens is 1. The van der Waals surface area contributed by atoms with Crippen LogP contribution in [-0.4, -0.2) is 20.6 Å². The molecule has 0 saturated carbocycles. The fourth-order valence-electron chi connectivity index (χ4n) is 1.81. The maximum atomic E-state index is 12.4. The number of rotatable bonds is 5. The van der Waals surface area contributed by atoms with Crippen molar-refractivity contribution in [2.24, 2.45) is 0 Å². The summed E-state index contributed by atoms with van der Waals surface area (Å²) in [4.78, 5) is 0.00591.